The number of hydrogen-bond donors (Lipinski definition) is 1. The number of amides is 1. The fourth-order valence-corrected chi connectivity index (χ4v) is 2.49. The molecular weight excluding hydrogens is 276 g/mol. The lowest BCUT2D eigenvalue weighted by molar-refractivity contribution is -0.118. The molecular formula is C14H14N2O3S. The van der Waals surface area contributed by atoms with Gasteiger partial charge in [-0.05, 0) is 18.2 Å². The van der Waals surface area contributed by atoms with Crippen LogP contribution < -0.4 is 14.8 Å². The molecule has 0 spiro atoms. The van der Waals surface area contributed by atoms with E-state index in [-0.39, 0.29) is 18.6 Å². The lowest BCUT2D eigenvalue weighted by Gasteiger charge is -2.03. The van der Waals surface area contributed by atoms with Gasteiger partial charge in [0.2, 0.25) is 12.7 Å². The smallest absolute Gasteiger partial charge is 0.231 e. The number of benzene rings is 1. The van der Waals surface area contributed by atoms with E-state index in [1.54, 1.807) is 0 Å². The highest BCUT2D eigenvalue weighted by molar-refractivity contribution is 7.14. The second-order valence-corrected chi connectivity index (χ2v) is 5.61. The summed E-state index contributed by atoms with van der Waals surface area (Å²) in [7, 11) is 0. The van der Waals surface area contributed by atoms with Gasteiger partial charge in [-0.25, -0.2) is 4.98 Å². The highest BCUT2D eigenvalue weighted by Gasteiger charge is 2.15. The van der Waals surface area contributed by atoms with Gasteiger partial charge in [0.05, 0.1) is 5.69 Å². The summed E-state index contributed by atoms with van der Waals surface area (Å²) in [4.78, 5) is 16.0. The maximum Gasteiger partial charge on any atom is 0.231 e. The number of nitrogens with one attached hydrogen (secondary N) is 1. The van der Waals surface area contributed by atoms with E-state index in [0.717, 1.165) is 22.8 Å². The average Bonchev–Trinajstić information content (AvgIpc) is 3.05. The van der Waals surface area contributed by atoms with E-state index >= 15 is 0 Å². The molecule has 5 nitrogen and oxygen atoms in total. The summed E-state index contributed by atoms with van der Waals surface area (Å²) >= 11 is 1.41. The lowest BCUT2D eigenvalue weighted by atomic mass is 10.1. The zero-order valence-electron chi connectivity index (χ0n) is 11.2. The fourth-order valence-electron chi connectivity index (χ4n) is 1.77. The third-order valence-electron chi connectivity index (χ3n) is 2.93. The first-order valence-corrected chi connectivity index (χ1v) is 7.18. The highest BCUT2D eigenvalue weighted by atomic mass is 32.1. The molecule has 0 bridgehead atoms. The Morgan fingerprint density at radius 3 is 2.95 bits per heavy atom. The number of thiazole rings is 1. The molecule has 104 valence electrons. The number of hydrogen-bond acceptors (Lipinski definition) is 5. The summed E-state index contributed by atoms with van der Waals surface area (Å²) in [6.45, 7) is 3.95. The summed E-state index contributed by atoms with van der Waals surface area (Å²) < 4.78 is 10.6. The normalized spacial score (nSPS) is 12.8. The van der Waals surface area contributed by atoms with E-state index in [1.165, 1.54) is 11.3 Å². The van der Waals surface area contributed by atoms with Crippen molar-refractivity contribution < 1.29 is 14.3 Å². The molecule has 0 fully saturated rings. The van der Waals surface area contributed by atoms with Gasteiger partial charge in [-0.1, -0.05) is 13.8 Å². The molecule has 0 unspecified atom stereocenters. The molecule has 1 aliphatic heterocycles. The molecule has 2 heterocycles. The molecule has 0 atom stereocenters. The minimum atomic E-state index is -0.0621. The van der Waals surface area contributed by atoms with Crippen LogP contribution in [0.4, 0.5) is 5.13 Å². The summed E-state index contributed by atoms with van der Waals surface area (Å²) in [5.74, 6) is 1.38. The number of carbonyl (C=O) groups is 1. The number of aromatic nitrogens is 1. The Balaban J connectivity index is 1.81. The van der Waals surface area contributed by atoms with Crippen LogP contribution in [0.2, 0.25) is 0 Å². The number of fused-ring (bicyclic) bond motifs is 1. The molecule has 1 aliphatic rings. The van der Waals surface area contributed by atoms with Crippen molar-refractivity contribution in [1.82, 2.24) is 4.98 Å². The first-order valence-electron chi connectivity index (χ1n) is 6.30. The van der Waals surface area contributed by atoms with Gasteiger partial charge in [0.15, 0.2) is 16.6 Å². The first-order chi connectivity index (χ1) is 9.63. The van der Waals surface area contributed by atoms with E-state index < -0.39 is 0 Å². The van der Waals surface area contributed by atoms with Crippen molar-refractivity contribution in [3.63, 3.8) is 0 Å². The fraction of sp³-hybridized carbons (Fsp3) is 0.286. The number of carbonyl (C=O) groups excluding carboxylic acids is 1. The van der Waals surface area contributed by atoms with E-state index in [1.807, 2.05) is 37.4 Å². The van der Waals surface area contributed by atoms with E-state index in [0.29, 0.717) is 5.13 Å². The van der Waals surface area contributed by atoms with Gasteiger partial charge in [-0.15, -0.1) is 11.3 Å². The Kier molecular flexibility index (Phi) is 3.31. The average molecular weight is 290 g/mol. The van der Waals surface area contributed by atoms with Crippen molar-refractivity contribution >= 4 is 22.4 Å². The first kappa shape index (κ1) is 12.9. The molecule has 6 heteroatoms. The van der Waals surface area contributed by atoms with Crippen LogP contribution >= 0.6 is 11.3 Å². The van der Waals surface area contributed by atoms with Crippen LogP contribution in [-0.2, 0) is 4.79 Å². The maximum absolute atomic E-state index is 11.6. The Hall–Kier alpha value is -2.08. The van der Waals surface area contributed by atoms with Crippen LogP contribution in [0.1, 0.15) is 13.8 Å². The van der Waals surface area contributed by atoms with Gasteiger partial charge in [0.1, 0.15) is 0 Å². The highest BCUT2D eigenvalue weighted by Crippen LogP contribution is 2.36. The monoisotopic (exact) mass is 290 g/mol. The molecule has 0 aliphatic carbocycles. The van der Waals surface area contributed by atoms with Crippen molar-refractivity contribution in [2.45, 2.75) is 13.8 Å². The Morgan fingerprint density at radius 2 is 2.15 bits per heavy atom. The third-order valence-corrected chi connectivity index (χ3v) is 3.68. The predicted molar refractivity (Wildman–Crippen MR) is 77.1 cm³/mol. The van der Waals surface area contributed by atoms with Crippen LogP contribution in [0, 0.1) is 5.92 Å². The second kappa shape index (κ2) is 5.13. The van der Waals surface area contributed by atoms with Crippen LogP contribution in [-0.4, -0.2) is 17.7 Å². The van der Waals surface area contributed by atoms with Crippen LogP contribution in [0.15, 0.2) is 23.6 Å². The molecule has 1 N–H and O–H groups in total. The van der Waals surface area contributed by atoms with E-state index in [2.05, 4.69) is 10.3 Å². The summed E-state index contributed by atoms with van der Waals surface area (Å²) in [6, 6.07) is 5.69. The van der Waals surface area contributed by atoms with Gasteiger partial charge < -0.3 is 14.8 Å². The van der Waals surface area contributed by atoms with E-state index in [4.69, 9.17) is 9.47 Å². The minimum absolute atomic E-state index is 0.0309. The number of ether oxygens (including phenoxy) is 2. The van der Waals surface area contributed by atoms with Crippen molar-refractivity contribution in [2.24, 2.45) is 5.92 Å². The Bertz CT molecular complexity index is 652. The molecule has 2 aromatic rings. The van der Waals surface area contributed by atoms with Crippen LogP contribution in [0.25, 0.3) is 11.3 Å². The number of rotatable bonds is 3. The Labute approximate surface area is 120 Å². The van der Waals surface area contributed by atoms with Gasteiger partial charge >= 0.3 is 0 Å². The topological polar surface area (TPSA) is 60.5 Å². The Morgan fingerprint density at radius 1 is 1.35 bits per heavy atom. The lowest BCUT2D eigenvalue weighted by Crippen LogP contribution is -2.17. The van der Waals surface area contributed by atoms with Gasteiger partial charge in [-0.3, -0.25) is 4.79 Å². The summed E-state index contributed by atoms with van der Waals surface area (Å²) in [5.41, 5.74) is 1.75. The molecule has 0 saturated carbocycles. The van der Waals surface area contributed by atoms with Crippen LogP contribution in [0.5, 0.6) is 11.5 Å². The van der Waals surface area contributed by atoms with Crippen molar-refractivity contribution in [2.75, 3.05) is 12.1 Å². The zero-order valence-corrected chi connectivity index (χ0v) is 12.0. The minimum Gasteiger partial charge on any atom is -0.454 e. The van der Waals surface area contributed by atoms with Crippen LogP contribution in [0.3, 0.4) is 0 Å². The molecule has 0 radical (unpaired) electrons. The SMILES string of the molecule is CC(C)C(=O)Nc1nc(-c2ccc3c(c2)OCO3)cs1. The molecule has 1 aromatic carbocycles. The van der Waals surface area contributed by atoms with Crippen molar-refractivity contribution in [3.05, 3.63) is 23.6 Å². The quantitative estimate of drug-likeness (QED) is 0.943. The van der Waals surface area contributed by atoms with Gasteiger partial charge in [0, 0.05) is 16.9 Å². The number of nitrogens with zero attached hydrogens (tertiary/aromatic N) is 1. The van der Waals surface area contributed by atoms with Crippen molar-refractivity contribution in [3.8, 4) is 22.8 Å². The molecule has 1 amide bonds. The summed E-state index contributed by atoms with van der Waals surface area (Å²) in [6.07, 6.45) is 0. The van der Waals surface area contributed by atoms with Crippen molar-refractivity contribution in [1.29, 1.82) is 0 Å². The number of anilines is 1. The molecule has 20 heavy (non-hydrogen) atoms. The molecule has 0 saturated heterocycles. The third kappa shape index (κ3) is 2.46. The van der Waals surface area contributed by atoms with Gasteiger partial charge in [-0.2, -0.15) is 0 Å². The largest absolute Gasteiger partial charge is 0.454 e. The molecule has 3 rings (SSSR count). The van der Waals surface area contributed by atoms with Gasteiger partial charge in [0.25, 0.3) is 0 Å². The predicted octanol–water partition coefficient (Wildman–Crippen LogP) is 3.13. The second-order valence-electron chi connectivity index (χ2n) is 4.75. The van der Waals surface area contributed by atoms with E-state index in [9.17, 15) is 4.79 Å². The summed E-state index contributed by atoms with van der Waals surface area (Å²) in [5, 5.41) is 5.31. The maximum atomic E-state index is 11.6. The zero-order chi connectivity index (χ0) is 14.1. The standard InChI is InChI=1S/C14H14N2O3S/c1-8(2)13(17)16-14-15-10(6-20-14)9-3-4-11-12(5-9)19-7-18-11/h3-6,8H,7H2,1-2H3,(H,15,16,17). The molecule has 1 aromatic heterocycles.